The van der Waals surface area contributed by atoms with Crippen LogP contribution in [0.4, 0.5) is 5.82 Å². The van der Waals surface area contributed by atoms with E-state index in [1.165, 1.54) is 4.68 Å². The van der Waals surface area contributed by atoms with Crippen LogP contribution in [0.5, 0.6) is 0 Å². The zero-order valence-corrected chi connectivity index (χ0v) is 10.4. The van der Waals surface area contributed by atoms with Gasteiger partial charge < -0.3 is 10.1 Å². The lowest BCUT2D eigenvalue weighted by Gasteiger charge is -1.95. The fraction of sp³-hybridized carbons (Fsp3) is 0. The Morgan fingerprint density at radius 1 is 1.05 bits per heavy atom. The van der Waals surface area contributed by atoms with E-state index in [4.69, 9.17) is 0 Å². The van der Waals surface area contributed by atoms with Crippen LogP contribution in [0.2, 0.25) is 0 Å². The molecular weight excluding hydrogens is 256 g/mol. The molecule has 0 spiro atoms. The molecule has 3 aromatic rings. The zero-order chi connectivity index (χ0) is 13.9. The lowest BCUT2D eigenvalue weighted by atomic mass is 10.1. The first-order valence-electron chi connectivity index (χ1n) is 5.95. The Morgan fingerprint density at radius 2 is 1.75 bits per heavy atom. The van der Waals surface area contributed by atoms with Crippen molar-refractivity contribution in [1.29, 1.82) is 0 Å². The molecule has 0 fully saturated rings. The molecule has 0 aliphatic heterocycles. The van der Waals surface area contributed by atoms with Crippen molar-refractivity contribution in [3.05, 3.63) is 71.2 Å². The molecule has 0 saturated heterocycles. The normalized spacial score (nSPS) is 10.4. The Labute approximate surface area is 114 Å². The molecule has 2 heterocycles. The second-order valence-corrected chi connectivity index (χ2v) is 4.14. The van der Waals surface area contributed by atoms with Crippen LogP contribution in [0.1, 0.15) is 0 Å². The largest absolute Gasteiger partial charge is 0.398 e. The molecular formula is C14H10N4O2. The van der Waals surface area contributed by atoms with Crippen molar-refractivity contribution < 1.29 is 4.92 Å². The number of hydrogen-bond acceptors (Lipinski definition) is 4. The van der Waals surface area contributed by atoms with E-state index >= 15 is 0 Å². The lowest BCUT2D eigenvalue weighted by molar-refractivity contribution is -0.389. The third-order valence-corrected chi connectivity index (χ3v) is 2.88. The fourth-order valence-electron chi connectivity index (χ4n) is 1.95. The number of pyridine rings is 1. The number of nitro groups is 1. The Kier molecular flexibility index (Phi) is 2.96. The highest BCUT2D eigenvalue weighted by Crippen LogP contribution is 2.29. The molecule has 0 unspecified atom stereocenters. The van der Waals surface area contributed by atoms with Gasteiger partial charge in [0.15, 0.2) is 0 Å². The summed E-state index contributed by atoms with van der Waals surface area (Å²) < 4.78 is 1.51. The summed E-state index contributed by atoms with van der Waals surface area (Å²) in [6.45, 7) is 0. The highest BCUT2D eigenvalue weighted by Gasteiger charge is 2.22. The topological polar surface area (TPSA) is 73.8 Å². The van der Waals surface area contributed by atoms with Crippen molar-refractivity contribution in [1.82, 2.24) is 14.8 Å². The van der Waals surface area contributed by atoms with E-state index < -0.39 is 4.92 Å². The second-order valence-electron chi connectivity index (χ2n) is 4.14. The molecule has 3 rings (SSSR count). The van der Waals surface area contributed by atoms with Gasteiger partial charge in [-0.15, -0.1) is 4.68 Å². The van der Waals surface area contributed by atoms with Gasteiger partial charge in [-0.1, -0.05) is 18.2 Å². The number of para-hydroxylation sites is 1. The number of benzene rings is 1. The molecule has 98 valence electrons. The van der Waals surface area contributed by atoms with Gasteiger partial charge >= 0.3 is 5.82 Å². The maximum Gasteiger partial charge on any atom is 0.398 e. The maximum absolute atomic E-state index is 11.2. The van der Waals surface area contributed by atoms with Crippen LogP contribution in [0.3, 0.4) is 0 Å². The first-order chi connectivity index (χ1) is 9.75. The summed E-state index contributed by atoms with van der Waals surface area (Å²) in [7, 11) is 0. The molecule has 20 heavy (non-hydrogen) atoms. The molecule has 0 bridgehead atoms. The quantitative estimate of drug-likeness (QED) is 0.539. The molecule has 6 heteroatoms. The van der Waals surface area contributed by atoms with Crippen LogP contribution in [0, 0.1) is 10.1 Å². The number of aromatic nitrogens is 3. The van der Waals surface area contributed by atoms with Crippen molar-refractivity contribution in [2.45, 2.75) is 0 Å². The first-order valence-corrected chi connectivity index (χ1v) is 5.95. The van der Waals surface area contributed by atoms with Gasteiger partial charge in [0.1, 0.15) is 5.56 Å². The third kappa shape index (κ3) is 2.14. The zero-order valence-electron chi connectivity index (χ0n) is 10.4. The summed E-state index contributed by atoms with van der Waals surface area (Å²) in [4.78, 5) is 14.6. The summed E-state index contributed by atoms with van der Waals surface area (Å²) in [5, 5.41) is 15.2. The van der Waals surface area contributed by atoms with Crippen LogP contribution in [0.15, 0.2) is 61.1 Å². The molecule has 0 N–H and O–H groups in total. The molecule has 1 aromatic carbocycles. The summed E-state index contributed by atoms with van der Waals surface area (Å²) in [6.07, 6.45) is 4.85. The Bertz CT molecular complexity index is 738. The highest BCUT2D eigenvalue weighted by molar-refractivity contribution is 5.70. The van der Waals surface area contributed by atoms with Gasteiger partial charge in [-0.25, -0.2) is 0 Å². The average Bonchev–Trinajstić information content (AvgIpc) is 2.94. The predicted octanol–water partition coefficient (Wildman–Crippen LogP) is 2.84. The van der Waals surface area contributed by atoms with Gasteiger partial charge in [0.25, 0.3) is 0 Å². The average molecular weight is 266 g/mol. The molecule has 2 aromatic heterocycles. The Hall–Kier alpha value is -3.02. The van der Waals surface area contributed by atoms with Gasteiger partial charge in [0.05, 0.1) is 17.0 Å². The van der Waals surface area contributed by atoms with Crippen LogP contribution in [-0.4, -0.2) is 19.7 Å². The molecule has 0 saturated carbocycles. The minimum absolute atomic E-state index is 0.167. The predicted molar refractivity (Wildman–Crippen MR) is 73.4 cm³/mol. The molecule has 0 aliphatic carbocycles. The standard InChI is InChI=1S/C14H10N4O2/c19-18(20)14-13(11-6-8-15-9-7-11)10-17(16-14)12-4-2-1-3-5-12/h1-10H. The summed E-state index contributed by atoms with van der Waals surface area (Å²) in [5.74, 6) is -0.167. The minimum atomic E-state index is -0.477. The number of hydrogen-bond donors (Lipinski definition) is 0. The maximum atomic E-state index is 11.2. The van der Waals surface area contributed by atoms with Crippen molar-refractivity contribution in [2.24, 2.45) is 0 Å². The monoisotopic (exact) mass is 266 g/mol. The van der Waals surface area contributed by atoms with Crippen molar-refractivity contribution in [3.8, 4) is 16.8 Å². The Balaban J connectivity index is 2.15. The number of rotatable bonds is 3. The van der Waals surface area contributed by atoms with E-state index in [0.29, 0.717) is 11.1 Å². The summed E-state index contributed by atoms with van der Waals surface area (Å²) in [6, 6.07) is 12.7. The van der Waals surface area contributed by atoms with Gasteiger partial charge in [-0.3, -0.25) is 4.98 Å². The first kappa shape index (κ1) is 12.0. The van der Waals surface area contributed by atoms with Crippen molar-refractivity contribution >= 4 is 5.82 Å². The van der Waals surface area contributed by atoms with E-state index in [-0.39, 0.29) is 5.82 Å². The van der Waals surface area contributed by atoms with E-state index in [9.17, 15) is 10.1 Å². The molecule has 0 amide bonds. The van der Waals surface area contributed by atoms with E-state index in [2.05, 4.69) is 10.1 Å². The van der Waals surface area contributed by atoms with Crippen molar-refractivity contribution in [2.75, 3.05) is 0 Å². The fourth-order valence-corrected chi connectivity index (χ4v) is 1.95. The van der Waals surface area contributed by atoms with Crippen LogP contribution < -0.4 is 0 Å². The van der Waals surface area contributed by atoms with Gasteiger partial charge in [-0.05, 0) is 34.8 Å². The highest BCUT2D eigenvalue weighted by atomic mass is 16.6. The Morgan fingerprint density at radius 3 is 2.40 bits per heavy atom. The van der Waals surface area contributed by atoms with E-state index in [1.807, 2.05) is 30.3 Å². The van der Waals surface area contributed by atoms with Gasteiger partial charge in [0.2, 0.25) is 0 Å². The lowest BCUT2D eigenvalue weighted by Crippen LogP contribution is -1.96. The van der Waals surface area contributed by atoms with Crippen molar-refractivity contribution in [3.63, 3.8) is 0 Å². The van der Waals surface area contributed by atoms with Crippen LogP contribution >= 0.6 is 0 Å². The minimum Gasteiger partial charge on any atom is -0.358 e. The SMILES string of the molecule is O=[N+]([O-])c1nn(-c2ccccc2)cc1-c1ccncc1. The smallest absolute Gasteiger partial charge is 0.358 e. The summed E-state index contributed by atoms with van der Waals surface area (Å²) >= 11 is 0. The van der Waals surface area contributed by atoms with Crippen LogP contribution in [-0.2, 0) is 0 Å². The van der Waals surface area contributed by atoms with Gasteiger partial charge in [0, 0.05) is 12.4 Å². The number of nitrogens with zero attached hydrogens (tertiary/aromatic N) is 4. The van der Waals surface area contributed by atoms with E-state index in [0.717, 1.165) is 5.69 Å². The second kappa shape index (κ2) is 4.93. The molecule has 0 radical (unpaired) electrons. The molecule has 0 atom stereocenters. The van der Waals surface area contributed by atoms with Gasteiger partial charge in [-0.2, -0.15) is 0 Å². The molecule has 0 aliphatic rings. The van der Waals surface area contributed by atoms with E-state index in [1.54, 1.807) is 30.7 Å². The van der Waals surface area contributed by atoms with Crippen LogP contribution in [0.25, 0.3) is 16.8 Å². The third-order valence-electron chi connectivity index (χ3n) is 2.88. The summed E-state index contributed by atoms with van der Waals surface area (Å²) in [5.41, 5.74) is 1.96. The molecule has 6 nitrogen and oxygen atoms in total.